The zero-order valence-electron chi connectivity index (χ0n) is 44.2. The second-order valence-corrected chi connectivity index (χ2v) is 23.6. The third-order valence-corrected chi connectivity index (χ3v) is 14.8. The van der Waals surface area contributed by atoms with E-state index in [0.717, 1.165) is 50.4 Å². The molecule has 1 aliphatic heterocycles. The Bertz CT molecular complexity index is 3410. The van der Waals surface area contributed by atoms with Crippen LogP contribution in [0.3, 0.4) is 0 Å². The topological polar surface area (TPSA) is 33.5 Å². The second kappa shape index (κ2) is 18.6. The quantitative estimate of drug-likeness (QED) is 0.135. The first-order chi connectivity index (χ1) is 33.6. The number of anilines is 4. The van der Waals surface area contributed by atoms with Gasteiger partial charge in [0.05, 0.1) is 0 Å². The van der Waals surface area contributed by atoms with Crippen LogP contribution in [0.4, 0.5) is 22.7 Å². The van der Waals surface area contributed by atoms with Crippen molar-refractivity contribution in [3.05, 3.63) is 222 Å². The van der Waals surface area contributed by atoms with Gasteiger partial charge in [0.1, 0.15) is 5.82 Å². The van der Waals surface area contributed by atoms with Crippen LogP contribution in [-0.2, 0) is 48.1 Å². The monoisotopic (exact) mass is 1130 g/mol. The van der Waals surface area contributed by atoms with Crippen molar-refractivity contribution >= 4 is 44.6 Å². The molecule has 1 aliphatic rings. The van der Waals surface area contributed by atoms with Gasteiger partial charge in [-0.05, 0) is 103 Å². The molecule has 370 valence electrons. The molecular weight excluding hydrogens is 1060 g/mol. The number of nitrogens with zero attached hydrogens (tertiary/aromatic N) is 4. The predicted molar refractivity (Wildman–Crippen MR) is 297 cm³/mol. The van der Waals surface area contributed by atoms with Crippen LogP contribution in [0, 0.1) is 18.8 Å². The van der Waals surface area contributed by atoms with Crippen LogP contribution in [0.5, 0.6) is 11.5 Å². The molecule has 0 spiro atoms. The molecule has 0 atom stereocenters. The average Bonchev–Trinajstić information content (AvgIpc) is 3.89. The van der Waals surface area contributed by atoms with E-state index in [1.54, 1.807) is 0 Å². The molecule has 3 heterocycles. The Hall–Kier alpha value is -6.42. The maximum absolute atomic E-state index is 6.83. The minimum Gasteiger partial charge on any atom is -0.509 e. The Morgan fingerprint density at radius 1 is 0.444 bits per heavy atom. The molecule has 0 radical (unpaired) electrons. The Labute approximate surface area is 443 Å². The first-order valence-corrected chi connectivity index (χ1v) is 25.1. The molecule has 7 aromatic carbocycles. The third-order valence-electron chi connectivity index (χ3n) is 14.8. The fourth-order valence-electron chi connectivity index (χ4n) is 9.98. The van der Waals surface area contributed by atoms with Gasteiger partial charge >= 0.3 is 0 Å². The molecule has 0 saturated heterocycles. The minimum atomic E-state index is -0.256. The van der Waals surface area contributed by atoms with Gasteiger partial charge in [0.25, 0.3) is 0 Å². The van der Waals surface area contributed by atoms with Crippen LogP contribution in [0.2, 0.25) is 0 Å². The molecule has 2 aromatic heterocycles. The molecule has 72 heavy (non-hydrogen) atoms. The number of benzene rings is 7. The van der Waals surface area contributed by atoms with E-state index in [9.17, 15) is 0 Å². The standard InChI is InChI=1S/C66H67N4O.Pt/c1-62(2,3)46-27-32-58-60(39-46)68(43-69(58)52-36-49(63(4,5)6)35-50(37-52)64(7,8)9)51-25-20-26-53(41-51)71-54-29-30-55-56-38-47(65(10,11)44-21-16-14-17-22-44)28-31-57(56)70(59(55)42-54)61-40-48(33-34-67-61)66(12,13)45-23-18-15-19-24-45;/h14-40,43H,1-13H3;/q-3;. The fraction of sp³-hybridized carbons (Fsp3) is 0.273. The maximum atomic E-state index is 6.83. The smallest absolute Gasteiger partial charge is 0.135 e. The number of ether oxygens (including phenoxy) is 1. The zero-order valence-corrected chi connectivity index (χ0v) is 46.5. The molecule has 0 unspecified atom stereocenters. The predicted octanol–water partition coefficient (Wildman–Crippen LogP) is 17.5. The summed E-state index contributed by atoms with van der Waals surface area (Å²) in [5.41, 5.74) is 14.4. The molecule has 0 N–H and O–H groups in total. The van der Waals surface area contributed by atoms with Gasteiger partial charge < -0.3 is 19.1 Å². The molecule has 10 rings (SSSR count). The van der Waals surface area contributed by atoms with Crippen molar-refractivity contribution in [1.82, 2.24) is 9.55 Å². The summed E-state index contributed by atoms with van der Waals surface area (Å²) in [5.74, 6) is 2.02. The molecule has 6 heteroatoms. The zero-order chi connectivity index (χ0) is 50.3. The van der Waals surface area contributed by atoms with E-state index in [4.69, 9.17) is 9.72 Å². The van der Waals surface area contributed by atoms with Crippen LogP contribution in [0.25, 0.3) is 27.6 Å². The normalized spacial score (nSPS) is 13.4. The Morgan fingerprint density at radius 2 is 1.03 bits per heavy atom. The summed E-state index contributed by atoms with van der Waals surface area (Å²) in [5, 5.41) is 2.21. The number of fused-ring (bicyclic) bond motifs is 4. The van der Waals surface area contributed by atoms with Crippen molar-refractivity contribution in [1.29, 1.82) is 0 Å². The van der Waals surface area contributed by atoms with E-state index >= 15 is 0 Å². The summed E-state index contributed by atoms with van der Waals surface area (Å²) in [4.78, 5) is 9.66. The van der Waals surface area contributed by atoms with Gasteiger partial charge in [-0.1, -0.05) is 180 Å². The fourth-order valence-corrected chi connectivity index (χ4v) is 9.98. The van der Waals surface area contributed by atoms with Gasteiger partial charge in [-0.25, -0.2) is 4.98 Å². The molecule has 0 bridgehead atoms. The first kappa shape index (κ1) is 50.5. The summed E-state index contributed by atoms with van der Waals surface area (Å²) >= 11 is 0. The molecule has 0 amide bonds. The van der Waals surface area contributed by atoms with Crippen molar-refractivity contribution in [2.75, 3.05) is 9.80 Å². The minimum absolute atomic E-state index is 0. The summed E-state index contributed by atoms with van der Waals surface area (Å²) in [6.07, 6.45) is 1.94. The van der Waals surface area contributed by atoms with Crippen LogP contribution in [0.15, 0.2) is 164 Å². The Morgan fingerprint density at radius 3 is 1.64 bits per heavy atom. The van der Waals surface area contributed by atoms with Gasteiger partial charge in [-0.15, -0.1) is 48.1 Å². The van der Waals surface area contributed by atoms with Crippen molar-refractivity contribution in [2.45, 2.75) is 117 Å². The largest absolute Gasteiger partial charge is 0.509 e. The third kappa shape index (κ3) is 9.42. The maximum Gasteiger partial charge on any atom is 0.135 e. The van der Waals surface area contributed by atoms with Crippen LogP contribution in [-0.4, -0.2) is 9.55 Å². The van der Waals surface area contributed by atoms with Crippen molar-refractivity contribution in [2.24, 2.45) is 0 Å². The molecule has 0 fully saturated rings. The number of pyridine rings is 1. The van der Waals surface area contributed by atoms with Crippen LogP contribution < -0.4 is 14.5 Å². The summed E-state index contributed by atoms with van der Waals surface area (Å²) < 4.78 is 9.08. The second-order valence-electron chi connectivity index (χ2n) is 23.6. The van der Waals surface area contributed by atoms with Crippen molar-refractivity contribution in [3.63, 3.8) is 0 Å². The molecule has 5 nitrogen and oxygen atoms in total. The van der Waals surface area contributed by atoms with E-state index in [1.165, 1.54) is 38.9 Å². The van der Waals surface area contributed by atoms with E-state index < -0.39 is 0 Å². The summed E-state index contributed by atoms with van der Waals surface area (Å²) in [7, 11) is 0. The van der Waals surface area contributed by atoms with E-state index in [1.807, 2.05) is 18.3 Å². The van der Waals surface area contributed by atoms with E-state index in [2.05, 4.69) is 269 Å². The van der Waals surface area contributed by atoms with E-state index in [0.29, 0.717) is 11.5 Å². The number of hydrogen-bond donors (Lipinski definition) is 0. The molecular formula is C66H67N4OPt-3. The Kier molecular flexibility index (Phi) is 13.0. The Balaban J connectivity index is 0.00000640. The average molecular weight is 1130 g/mol. The molecule has 9 aromatic rings. The number of hydrogen-bond acceptors (Lipinski definition) is 4. The first-order valence-electron chi connectivity index (χ1n) is 25.1. The van der Waals surface area contributed by atoms with Gasteiger partial charge in [-0.2, -0.15) is 12.1 Å². The van der Waals surface area contributed by atoms with Crippen molar-refractivity contribution < 1.29 is 25.8 Å². The van der Waals surface area contributed by atoms with Crippen LogP contribution >= 0.6 is 0 Å². The van der Waals surface area contributed by atoms with Gasteiger partial charge in [-0.3, -0.25) is 0 Å². The molecule has 0 aliphatic carbocycles. The van der Waals surface area contributed by atoms with E-state index in [-0.39, 0.29) is 48.1 Å². The van der Waals surface area contributed by atoms with Crippen LogP contribution in [0.1, 0.15) is 129 Å². The van der Waals surface area contributed by atoms with Gasteiger partial charge in [0, 0.05) is 72.2 Å². The SMILES string of the molecule is CC(C)(C)c1cc(N2[CH-]N(c3[c-]c(Oc4[c-]c5c(cc4)c4cc(C(C)(C)c6ccccc6)ccc4n5-c4cc(C(C)(C)c5ccccc5)ccn4)ccc3)c3cc(C(C)(C)C)ccc32)cc(C(C)(C)C)c1.[Pt]. The van der Waals surface area contributed by atoms with Crippen molar-refractivity contribution in [3.8, 4) is 17.3 Å². The summed E-state index contributed by atoms with van der Waals surface area (Å²) in [6, 6.07) is 64.5. The molecule has 0 saturated carbocycles. The van der Waals surface area contributed by atoms with Gasteiger partial charge in [0.15, 0.2) is 0 Å². The number of aromatic nitrogens is 2. The van der Waals surface area contributed by atoms with Gasteiger partial charge in [0.2, 0.25) is 0 Å². The number of rotatable bonds is 9. The summed E-state index contributed by atoms with van der Waals surface area (Å²) in [6.45, 7) is 32.0.